The van der Waals surface area contributed by atoms with E-state index in [0.29, 0.717) is 22.7 Å². The predicted molar refractivity (Wildman–Crippen MR) is 60.8 cm³/mol. The lowest BCUT2D eigenvalue weighted by Gasteiger charge is -2.38. The molecule has 1 heterocycles. The standard InChI is InChI=1S/C11H21NOS/c1-4-8-7-14(13)9-5-6-11(2,3)10(9)12-8/h8-10,12H,4-7H2,1-3H3. The fraction of sp³-hybridized carbons (Fsp3) is 1.00. The first-order valence-corrected chi connectivity index (χ1v) is 7.06. The minimum Gasteiger partial charge on any atom is -0.309 e. The average molecular weight is 215 g/mol. The van der Waals surface area contributed by atoms with Gasteiger partial charge in [-0.3, -0.25) is 4.21 Å². The Labute approximate surface area is 89.3 Å². The van der Waals surface area contributed by atoms with Gasteiger partial charge in [-0.05, 0) is 24.7 Å². The minimum absolute atomic E-state index is 0.341. The summed E-state index contributed by atoms with van der Waals surface area (Å²) in [6.45, 7) is 6.79. The van der Waals surface area contributed by atoms with E-state index in [1.54, 1.807) is 0 Å². The van der Waals surface area contributed by atoms with Crippen molar-refractivity contribution in [3.8, 4) is 0 Å². The van der Waals surface area contributed by atoms with Crippen LogP contribution >= 0.6 is 0 Å². The Morgan fingerprint density at radius 1 is 1.50 bits per heavy atom. The van der Waals surface area contributed by atoms with Crippen molar-refractivity contribution in [2.24, 2.45) is 5.41 Å². The zero-order valence-electron chi connectivity index (χ0n) is 9.38. The van der Waals surface area contributed by atoms with E-state index in [2.05, 4.69) is 26.1 Å². The topological polar surface area (TPSA) is 29.1 Å². The number of hydrogen-bond acceptors (Lipinski definition) is 2. The van der Waals surface area contributed by atoms with Crippen LogP contribution in [0.25, 0.3) is 0 Å². The Kier molecular flexibility index (Phi) is 2.73. The normalized spacial score (nSPS) is 46.2. The molecule has 0 aromatic heterocycles. The Hall–Kier alpha value is 0.110. The minimum atomic E-state index is -0.585. The van der Waals surface area contributed by atoms with Crippen molar-refractivity contribution in [3.05, 3.63) is 0 Å². The molecule has 1 saturated heterocycles. The van der Waals surface area contributed by atoms with E-state index in [1.807, 2.05) is 0 Å². The quantitative estimate of drug-likeness (QED) is 0.721. The summed E-state index contributed by atoms with van der Waals surface area (Å²) < 4.78 is 12.0. The summed E-state index contributed by atoms with van der Waals surface area (Å²) in [5.74, 6) is 0.869. The highest BCUT2D eigenvalue weighted by molar-refractivity contribution is 7.85. The Bertz CT molecular complexity index is 252. The molecule has 0 aromatic carbocycles. The highest BCUT2D eigenvalue weighted by Crippen LogP contribution is 2.41. The van der Waals surface area contributed by atoms with Crippen molar-refractivity contribution >= 4 is 10.8 Å². The average Bonchev–Trinajstić information content (AvgIpc) is 2.43. The molecule has 82 valence electrons. The van der Waals surface area contributed by atoms with Gasteiger partial charge in [-0.15, -0.1) is 0 Å². The Morgan fingerprint density at radius 2 is 2.21 bits per heavy atom. The van der Waals surface area contributed by atoms with Gasteiger partial charge in [-0.25, -0.2) is 0 Å². The molecule has 0 radical (unpaired) electrons. The first kappa shape index (κ1) is 10.6. The predicted octanol–water partition coefficient (Wildman–Crippen LogP) is 1.67. The van der Waals surface area contributed by atoms with Crippen LogP contribution in [-0.4, -0.2) is 27.3 Å². The number of rotatable bonds is 1. The van der Waals surface area contributed by atoms with Crippen LogP contribution in [0.15, 0.2) is 0 Å². The van der Waals surface area contributed by atoms with Crippen molar-refractivity contribution in [2.45, 2.75) is 57.4 Å². The summed E-state index contributed by atoms with van der Waals surface area (Å²) in [5, 5.41) is 4.12. The monoisotopic (exact) mass is 215 g/mol. The lowest BCUT2D eigenvalue weighted by Crippen LogP contribution is -2.57. The number of hydrogen-bond donors (Lipinski definition) is 1. The molecule has 1 aliphatic heterocycles. The molecule has 0 bridgehead atoms. The summed E-state index contributed by atoms with van der Waals surface area (Å²) in [6.07, 6.45) is 3.47. The van der Waals surface area contributed by atoms with Crippen LogP contribution in [0, 0.1) is 5.41 Å². The number of nitrogens with one attached hydrogen (secondary N) is 1. The largest absolute Gasteiger partial charge is 0.309 e. The van der Waals surface area contributed by atoms with Crippen molar-refractivity contribution in [2.75, 3.05) is 5.75 Å². The van der Waals surface area contributed by atoms with Crippen molar-refractivity contribution in [1.82, 2.24) is 5.32 Å². The molecule has 4 atom stereocenters. The maximum absolute atomic E-state index is 12.0. The van der Waals surface area contributed by atoms with E-state index in [9.17, 15) is 4.21 Å². The molecule has 1 N–H and O–H groups in total. The Morgan fingerprint density at radius 3 is 2.86 bits per heavy atom. The lowest BCUT2D eigenvalue weighted by atomic mass is 9.86. The van der Waals surface area contributed by atoms with E-state index in [4.69, 9.17) is 0 Å². The van der Waals surface area contributed by atoms with Crippen LogP contribution in [0.4, 0.5) is 0 Å². The molecule has 2 nitrogen and oxygen atoms in total. The van der Waals surface area contributed by atoms with Crippen LogP contribution in [0.1, 0.15) is 40.0 Å². The van der Waals surface area contributed by atoms with Crippen molar-refractivity contribution in [3.63, 3.8) is 0 Å². The summed E-state index contributed by atoms with van der Waals surface area (Å²) in [4.78, 5) is 0. The van der Waals surface area contributed by atoms with E-state index >= 15 is 0 Å². The zero-order valence-corrected chi connectivity index (χ0v) is 10.2. The third-order valence-corrected chi connectivity index (χ3v) is 5.81. The third kappa shape index (κ3) is 1.65. The van der Waals surface area contributed by atoms with Gasteiger partial charge in [0, 0.05) is 28.6 Å². The highest BCUT2D eigenvalue weighted by Gasteiger charge is 2.47. The second kappa shape index (κ2) is 3.60. The molecule has 0 aromatic rings. The first-order chi connectivity index (χ1) is 6.54. The molecule has 1 aliphatic carbocycles. The van der Waals surface area contributed by atoms with Gasteiger partial charge in [0.05, 0.1) is 5.25 Å². The van der Waals surface area contributed by atoms with Crippen LogP contribution < -0.4 is 5.32 Å². The molecule has 0 amide bonds. The highest BCUT2D eigenvalue weighted by atomic mass is 32.2. The van der Waals surface area contributed by atoms with Gasteiger partial charge in [0.1, 0.15) is 0 Å². The molecule has 0 spiro atoms. The second-order valence-electron chi connectivity index (χ2n) is 5.36. The SMILES string of the molecule is CCC1CS(=O)C2CCC(C)(C)C2N1. The maximum atomic E-state index is 12.0. The fourth-order valence-electron chi connectivity index (χ4n) is 2.82. The molecule has 14 heavy (non-hydrogen) atoms. The molecular weight excluding hydrogens is 194 g/mol. The van der Waals surface area contributed by atoms with E-state index in [0.717, 1.165) is 18.6 Å². The smallest absolute Gasteiger partial charge is 0.0507 e. The maximum Gasteiger partial charge on any atom is 0.0507 e. The van der Waals surface area contributed by atoms with Gasteiger partial charge in [-0.2, -0.15) is 0 Å². The van der Waals surface area contributed by atoms with Crippen LogP contribution in [0.3, 0.4) is 0 Å². The summed E-state index contributed by atoms with van der Waals surface area (Å²) in [6, 6.07) is 0.969. The van der Waals surface area contributed by atoms with Gasteiger partial charge < -0.3 is 5.32 Å². The Balaban J connectivity index is 2.17. The molecule has 2 rings (SSSR count). The van der Waals surface area contributed by atoms with E-state index < -0.39 is 10.8 Å². The fourth-order valence-corrected chi connectivity index (χ4v) is 4.92. The molecule has 1 saturated carbocycles. The number of fused-ring (bicyclic) bond motifs is 1. The summed E-state index contributed by atoms with van der Waals surface area (Å²) in [5.41, 5.74) is 0.341. The van der Waals surface area contributed by atoms with Crippen LogP contribution in [-0.2, 0) is 10.8 Å². The molecule has 3 heteroatoms. The van der Waals surface area contributed by atoms with Crippen molar-refractivity contribution in [1.29, 1.82) is 0 Å². The third-order valence-electron chi connectivity index (χ3n) is 3.90. The van der Waals surface area contributed by atoms with Gasteiger partial charge in [0.15, 0.2) is 0 Å². The summed E-state index contributed by atoms with van der Waals surface area (Å²) in [7, 11) is -0.585. The van der Waals surface area contributed by atoms with E-state index in [-0.39, 0.29) is 0 Å². The van der Waals surface area contributed by atoms with Crippen LogP contribution in [0.2, 0.25) is 0 Å². The lowest BCUT2D eigenvalue weighted by molar-refractivity contribution is 0.260. The van der Waals surface area contributed by atoms with Gasteiger partial charge in [0.2, 0.25) is 0 Å². The second-order valence-corrected chi connectivity index (χ2v) is 7.06. The molecule has 4 unspecified atom stereocenters. The van der Waals surface area contributed by atoms with Gasteiger partial charge in [0.25, 0.3) is 0 Å². The first-order valence-electron chi connectivity index (χ1n) is 5.68. The van der Waals surface area contributed by atoms with Crippen LogP contribution in [0.5, 0.6) is 0 Å². The molecular formula is C11H21NOS. The molecule has 2 aliphatic rings. The molecule has 2 fully saturated rings. The van der Waals surface area contributed by atoms with Gasteiger partial charge >= 0.3 is 0 Å². The summed E-state index contributed by atoms with van der Waals surface area (Å²) >= 11 is 0. The van der Waals surface area contributed by atoms with Gasteiger partial charge in [-0.1, -0.05) is 20.8 Å². The van der Waals surface area contributed by atoms with E-state index in [1.165, 1.54) is 6.42 Å². The van der Waals surface area contributed by atoms with Crippen molar-refractivity contribution < 1.29 is 4.21 Å². The zero-order chi connectivity index (χ0) is 10.3.